The van der Waals surface area contributed by atoms with Crippen molar-refractivity contribution in [2.75, 3.05) is 5.32 Å². The molecule has 0 aliphatic carbocycles. The van der Waals surface area contributed by atoms with E-state index in [1.807, 2.05) is 6.07 Å². The molecule has 0 fully saturated rings. The third-order valence-corrected chi connectivity index (χ3v) is 2.86. The van der Waals surface area contributed by atoms with Gasteiger partial charge >= 0.3 is 0 Å². The third kappa shape index (κ3) is 2.80. The van der Waals surface area contributed by atoms with Crippen molar-refractivity contribution < 1.29 is 4.79 Å². The molecule has 0 unspecified atom stereocenters. The van der Waals surface area contributed by atoms with Crippen LogP contribution < -0.4 is 5.32 Å². The van der Waals surface area contributed by atoms with Gasteiger partial charge in [0.1, 0.15) is 12.9 Å². The zero-order valence-electron chi connectivity index (χ0n) is 11.3. The Morgan fingerprint density at radius 2 is 2.09 bits per heavy atom. The van der Waals surface area contributed by atoms with Crippen LogP contribution >= 0.6 is 0 Å². The molecular weight excluding hydrogens is 284 g/mol. The lowest BCUT2D eigenvalue weighted by atomic mass is 10.2. The number of tetrazole rings is 1. The van der Waals surface area contributed by atoms with Crippen LogP contribution in [0.3, 0.4) is 0 Å². The molecule has 0 saturated carbocycles. The fraction of sp³-hybridized carbons (Fsp3) is 0.0769. The molecule has 1 amide bonds. The highest BCUT2D eigenvalue weighted by molar-refractivity contribution is 6.03. The summed E-state index contributed by atoms with van der Waals surface area (Å²) in [5, 5.41) is 26.2. The van der Waals surface area contributed by atoms with Gasteiger partial charge in [-0.25, -0.2) is 4.68 Å². The van der Waals surface area contributed by atoms with Crippen LogP contribution in [0.2, 0.25) is 0 Å². The molecule has 0 atom stereocenters. The number of benzene rings is 1. The summed E-state index contributed by atoms with van der Waals surface area (Å²) in [6.45, 7) is 0.135. The molecule has 1 aromatic carbocycles. The van der Waals surface area contributed by atoms with E-state index in [4.69, 9.17) is 5.26 Å². The second kappa shape index (κ2) is 5.84. The Hall–Kier alpha value is -3.54. The lowest BCUT2D eigenvalue weighted by Crippen LogP contribution is -2.13. The topological polar surface area (TPSA) is 114 Å². The maximum Gasteiger partial charge on any atom is 0.256 e. The maximum atomic E-state index is 12.1. The van der Waals surface area contributed by atoms with E-state index in [1.54, 1.807) is 36.5 Å². The number of hydrogen-bond donors (Lipinski definition) is 1. The lowest BCUT2D eigenvalue weighted by molar-refractivity contribution is 0.102. The first-order valence-electron chi connectivity index (χ1n) is 6.31. The largest absolute Gasteiger partial charge is 0.305 e. The third-order valence-electron chi connectivity index (χ3n) is 2.86. The lowest BCUT2D eigenvalue weighted by Gasteiger charge is -2.03. The Bertz CT molecular complexity index is 813. The highest BCUT2D eigenvalue weighted by Crippen LogP contribution is 2.10. The van der Waals surface area contributed by atoms with Crippen LogP contribution in [-0.4, -0.2) is 35.9 Å². The zero-order valence-corrected chi connectivity index (χ0v) is 11.3. The highest BCUT2D eigenvalue weighted by Gasteiger charge is 2.08. The maximum absolute atomic E-state index is 12.1. The molecule has 3 rings (SSSR count). The van der Waals surface area contributed by atoms with Crippen LogP contribution in [0.15, 0.2) is 42.9 Å². The van der Waals surface area contributed by atoms with E-state index < -0.39 is 0 Å². The van der Waals surface area contributed by atoms with Crippen molar-refractivity contribution in [3.05, 3.63) is 48.4 Å². The van der Waals surface area contributed by atoms with Gasteiger partial charge < -0.3 is 5.32 Å². The number of carbonyl (C=O) groups is 1. The summed E-state index contributed by atoms with van der Waals surface area (Å²) in [6, 6.07) is 10.4. The molecular formula is C13H10N8O. The number of nitrogens with zero attached hydrogens (tertiary/aromatic N) is 7. The standard InChI is InChI=1S/C13H10N8O/c14-6-8-20-7-5-12(17-20)16-13(22)10-1-3-11(4-2-10)21-9-15-18-19-21/h1-5,7,9H,8H2,(H,16,17,22). The molecule has 2 aromatic heterocycles. The van der Waals surface area contributed by atoms with Gasteiger partial charge in [-0.2, -0.15) is 10.4 Å². The molecule has 9 nitrogen and oxygen atoms in total. The average molecular weight is 294 g/mol. The number of rotatable bonds is 4. The summed E-state index contributed by atoms with van der Waals surface area (Å²) >= 11 is 0. The molecule has 0 aliphatic heterocycles. The van der Waals surface area contributed by atoms with Crippen LogP contribution in [0, 0.1) is 11.3 Å². The fourth-order valence-electron chi connectivity index (χ4n) is 1.82. The number of amides is 1. The Kier molecular flexibility index (Phi) is 3.57. The molecule has 2 heterocycles. The Labute approximate surface area is 124 Å². The van der Waals surface area contributed by atoms with E-state index in [2.05, 4.69) is 25.9 Å². The molecule has 9 heteroatoms. The van der Waals surface area contributed by atoms with Crippen molar-refractivity contribution in [2.45, 2.75) is 6.54 Å². The van der Waals surface area contributed by atoms with Crippen LogP contribution in [0.5, 0.6) is 0 Å². The zero-order chi connectivity index (χ0) is 15.4. The van der Waals surface area contributed by atoms with Gasteiger partial charge in [0.25, 0.3) is 5.91 Å². The monoisotopic (exact) mass is 294 g/mol. The fourth-order valence-corrected chi connectivity index (χ4v) is 1.82. The van der Waals surface area contributed by atoms with E-state index in [9.17, 15) is 4.79 Å². The molecule has 0 saturated heterocycles. The van der Waals surface area contributed by atoms with Gasteiger partial charge in [-0.1, -0.05) is 0 Å². The number of hydrogen-bond acceptors (Lipinski definition) is 6. The number of anilines is 1. The number of carbonyl (C=O) groups excluding carboxylic acids is 1. The summed E-state index contributed by atoms with van der Waals surface area (Å²) in [5.41, 5.74) is 1.23. The minimum Gasteiger partial charge on any atom is -0.305 e. The Morgan fingerprint density at radius 1 is 1.27 bits per heavy atom. The van der Waals surface area contributed by atoms with E-state index in [1.165, 1.54) is 15.7 Å². The average Bonchev–Trinajstić information content (AvgIpc) is 3.20. The highest BCUT2D eigenvalue weighted by atomic mass is 16.1. The predicted molar refractivity (Wildman–Crippen MR) is 74.9 cm³/mol. The number of nitriles is 1. The van der Waals surface area contributed by atoms with Gasteiger partial charge in [0.2, 0.25) is 0 Å². The van der Waals surface area contributed by atoms with Gasteiger partial charge in [-0.05, 0) is 34.7 Å². The smallest absolute Gasteiger partial charge is 0.256 e. The summed E-state index contributed by atoms with van der Waals surface area (Å²) in [7, 11) is 0. The van der Waals surface area contributed by atoms with E-state index in [0.717, 1.165) is 5.69 Å². The van der Waals surface area contributed by atoms with Crippen LogP contribution in [0.4, 0.5) is 5.82 Å². The molecule has 108 valence electrons. The minimum absolute atomic E-state index is 0.135. The van der Waals surface area contributed by atoms with Crippen molar-refractivity contribution in [3.63, 3.8) is 0 Å². The van der Waals surface area contributed by atoms with Crippen molar-refractivity contribution in [1.82, 2.24) is 30.0 Å². The van der Waals surface area contributed by atoms with Gasteiger partial charge in [0.05, 0.1) is 11.8 Å². The molecule has 0 aliphatic rings. The van der Waals surface area contributed by atoms with E-state index in [0.29, 0.717) is 11.4 Å². The summed E-state index contributed by atoms with van der Waals surface area (Å²) in [6.07, 6.45) is 3.09. The van der Waals surface area contributed by atoms with Gasteiger partial charge in [0, 0.05) is 17.8 Å². The summed E-state index contributed by atoms with van der Waals surface area (Å²) in [4.78, 5) is 12.1. The van der Waals surface area contributed by atoms with E-state index in [-0.39, 0.29) is 12.5 Å². The van der Waals surface area contributed by atoms with Crippen LogP contribution in [0.25, 0.3) is 5.69 Å². The van der Waals surface area contributed by atoms with E-state index >= 15 is 0 Å². The molecule has 22 heavy (non-hydrogen) atoms. The number of aromatic nitrogens is 6. The van der Waals surface area contributed by atoms with Crippen LogP contribution in [0.1, 0.15) is 10.4 Å². The second-order valence-corrected chi connectivity index (χ2v) is 4.31. The summed E-state index contributed by atoms with van der Waals surface area (Å²) < 4.78 is 2.93. The Balaban J connectivity index is 1.70. The second-order valence-electron chi connectivity index (χ2n) is 4.31. The Morgan fingerprint density at radius 3 is 2.77 bits per heavy atom. The minimum atomic E-state index is -0.287. The first kappa shape index (κ1) is 13.4. The van der Waals surface area contributed by atoms with Crippen molar-refractivity contribution in [3.8, 4) is 11.8 Å². The van der Waals surface area contributed by atoms with Crippen molar-refractivity contribution in [2.24, 2.45) is 0 Å². The predicted octanol–water partition coefficient (Wildman–Crippen LogP) is 0.635. The summed E-state index contributed by atoms with van der Waals surface area (Å²) in [5.74, 6) is 0.107. The van der Waals surface area contributed by atoms with Crippen molar-refractivity contribution in [1.29, 1.82) is 5.26 Å². The van der Waals surface area contributed by atoms with Gasteiger partial charge in [0.15, 0.2) is 5.82 Å². The van der Waals surface area contributed by atoms with Gasteiger partial charge in [-0.15, -0.1) is 5.10 Å². The first-order valence-corrected chi connectivity index (χ1v) is 6.31. The van der Waals surface area contributed by atoms with Crippen LogP contribution in [-0.2, 0) is 6.54 Å². The number of nitrogens with one attached hydrogen (secondary N) is 1. The SMILES string of the molecule is N#CCn1ccc(NC(=O)c2ccc(-n3cnnn3)cc2)n1. The molecule has 0 bridgehead atoms. The normalized spacial score (nSPS) is 10.1. The molecule has 0 spiro atoms. The van der Waals surface area contributed by atoms with Gasteiger partial charge in [-0.3, -0.25) is 9.48 Å². The van der Waals surface area contributed by atoms with Crippen molar-refractivity contribution >= 4 is 11.7 Å². The first-order chi connectivity index (χ1) is 10.8. The molecule has 1 N–H and O–H groups in total. The molecule has 0 radical (unpaired) electrons. The molecule has 3 aromatic rings. The quantitative estimate of drug-likeness (QED) is 0.755.